The van der Waals surface area contributed by atoms with Gasteiger partial charge in [0.25, 0.3) is 0 Å². The Kier molecular flexibility index (Phi) is 13.9. The van der Waals surface area contributed by atoms with Crippen molar-refractivity contribution in [2.75, 3.05) is 14.1 Å². The van der Waals surface area contributed by atoms with Gasteiger partial charge in [0, 0.05) is 13.1 Å². The first-order valence-electron chi connectivity index (χ1n) is 13.0. The van der Waals surface area contributed by atoms with Gasteiger partial charge < -0.3 is 10.5 Å². The Labute approximate surface area is 213 Å². The minimum Gasteiger partial charge on any atom is -0.452 e. The average Bonchev–Trinajstić information content (AvgIpc) is 3.18. The fourth-order valence-electron chi connectivity index (χ4n) is 4.61. The minimum absolute atomic E-state index is 0.0606. The zero-order valence-corrected chi connectivity index (χ0v) is 23.0. The average molecular weight is 479 g/mol. The van der Waals surface area contributed by atoms with Crippen LogP contribution in [0.15, 0.2) is 64.9 Å². The molecule has 1 aliphatic heterocycles. The number of Topliss-reactive ketones (excluding diaryl/α,β-unsaturated/α-hetero) is 1. The van der Waals surface area contributed by atoms with Crippen molar-refractivity contribution in [3.63, 3.8) is 0 Å². The highest BCUT2D eigenvalue weighted by atomic mass is 16.5. The SMILES string of the molecule is C=C/C=C\C(C(/C=C1\Oc2c(ccc(CC)c2CCC(CCC)CCC)C1=O)=NC)=C(C)C.CN. The number of ether oxygens (including phenoxy) is 1. The van der Waals surface area contributed by atoms with Gasteiger partial charge in [-0.1, -0.05) is 82.9 Å². The highest BCUT2D eigenvalue weighted by Gasteiger charge is 2.31. The van der Waals surface area contributed by atoms with E-state index in [1.807, 2.05) is 32.1 Å². The summed E-state index contributed by atoms with van der Waals surface area (Å²) in [5.41, 5.74) is 10.5. The first kappa shape index (κ1) is 30.3. The van der Waals surface area contributed by atoms with Crippen molar-refractivity contribution in [1.82, 2.24) is 0 Å². The van der Waals surface area contributed by atoms with Crippen molar-refractivity contribution in [3.05, 3.63) is 76.6 Å². The summed E-state index contributed by atoms with van der Waals surface area (Å²) < 4.78 is 6.28. The summed E-state index contributed by atoms with van der Waals surface area (Å²) in [5.74, 6) is 1.77. The number of hydrogen-bond donors (Lipinski definition) is 1. The number of allylic oxidation sites excluding steroid dienone is 7. The number of carbonyl (C=O) groups is 1. The Balaban J connectivity index is 0.00000298. The van der Waals surface area contributed by atoms with E-state index in [1.54, 1.807) is 19.2 Å². The maximum Gasteiger partial charge on any atom is 0.232 e. The second-order valence-electron chi connectivity index (χ2n) is 8.97. The van der Waals surface area contributed by atoms with Crippen LogP contribution in [0.5, 0.6) is 5.75 Å². The number of aryl methyl sites for hydroxylation is 1. The van der Waals surface area contributed by atoms with Crippen LogP contribution in [0.25, 0.3) is 0 Å². The molecule has 0 fully saturated rings. The third-order valence-electron chi connectivity index (χ3n) is 6.34. The topological polar surface area (TPSA) is 64.7 Å². The lowest BCUT2D eigenvalue weighted by Crippen LogP contribution is -2.06. The Bertz CT molecular complexity index is 970. The summed E-state index contributed by atoms with van der Waals surface area (Å²) in [6.45, 7) is 14.5. The predicted octanol–water partition coefficient (Wildman–Crippen LogP) is 7.58. The Hall–Kier alpha value is -2.72. The molecule has 0 saturated carbocycles. The molecule has 2 rings (SSSR count). The molecule has 1 aromatic rings. The number of nitrogens with two attached hydrogens (primary N) is 1. The van der Waals surface area contributed by atoms with Gasteiger partial charge in [-0.15, -0.1) is 0 Å². The van der Waals surface area contributed by atoms with Gasteiger partial charge in [0.2, 0.25) is 5.78 Å². The van der Waals surface area contributed by atoms with Crippen LogP contribution in [0.1, 0.15) is 88.2 Å². The zero-order valence-electron chi connectivity index (χ0n) is 23.0. The normalized spacial score (nSPS) is 14.1. The molecule has 1 aromatic carbocycles. The summed E-state index contributed by atoms with van der Waals surface area (Å²) in [6.07, 6.45) is 15.3. The van der Waals surface area contributed by atoms with E-state index in [-0.39, 0.29) is 5.78 Å². The molecule has 2 N–H and O–H groups in total. The molecule has 4 heteroatoms. The number of hydrogen-bond acceptors (Lipinski definition) is 4. The van der Waals surface area contributed by atoms with Crippen LogP contribution in [-0.2, 0) is 12.8 Å². The van der Waals surface area contributed by atoms with Gasteiger partial charge in [-0.05, 0) is 68.8 Å². The summed E-state index contributed by atoms with van der Waals surface area (Å²) in [7, 11) is 3.24. The van der Waals surface area contributed by atoms with Crippen LogP contribution < -0.4 is 10.5 Å². The van der Waals surface area contributed by atoms with Crippen molar-refractivity contribution < 1.29 is 9.53 Å². The lowest BCUT2D eigenvalue weighted by atomic mass is 9.88. The van der Waals surface area contributed by atoms with Gasteiger partial charge in [-0.25, -0.2) is 0 Å². The predicted molar refractivity (Wildman–Crippen MR) is 152 cm³/mol. The molecular formula is C31H46N2O2. The van der Waals surface area contributed by atoms with Crippen LogP contribution in [0, 0.1) is 5.92 Å². The monoisotopic (exact) mass is 478 g/mol. The van der Waals surface area contributed by atoms with E-state index in [2.05, 4.69) is 44.1 Å². The molecule has 0 unspecified atom stereocenters. The third kappa shape index (κ3) is 8.17. The molecule has 1 aliphatic rings. The molecule has 0 amide bonds. The number of aliphatic imine (C=N–C) groups is 1. The van der Waals surface area contributed by atoms with Crippen molar-refractivity contribution in [2.24, 2.45) is 16.6 Å². The van der Waals surface area contributed by atoms with Gasteiger partial charge >= 0.3 is 0 Å². The number of fused-ring (bicyclic) bond motifs is 1. The number of nitrogens with zero attached hydrogens (tertiary/aromatic N) is 1. The highest BCUT2D eigenvalue weighted by Crippen LogP contribution is 2.38. The van der Waals surface area contributed by atoms with E-state index in [4.69, 9.17) is 4.74 Å². The Morgan fingerprint density at radius 2 is 1.77 bits per heavy atom. The van der Waals surface area contributed by atoms with E-state index in [1.165, 1.54) is 43.9 Å². The summed E-state index contributed by atoms with van der Waals surface area (Å²) in [4.78, 5) is 17.7. The van der Waals surface area contributed by atoms with Gasteiger partial charge in [-0.3, -0.25) is 9.79 Å². The summed E-state index contributed by atoms with van der Waals surface area (Å²) in [6, 6.07) is 4.04. The van der Waals surface area contributed by atoms with Crippen molar-refractivity contribution in [2.45, 2.75) is 79.6 Å². The lowest BCUT2D eigenvalue weighted by Gasteiger charge is -2.18. The maximum absolute atomic E-state index is 13.3. The van der Waals surface area contributed by atoms with Crippen LogP contribution in [0.2, 0.25) is 0 Å². The molecule has 0 atom stereocenters. The second-order valence-corrected chi connectivity index (χ2v) is 8.97. The highest BCUT2D eigenvalue weighted by molar-refractivity contribution is 6.19. The molecular weight excluding hydrogens is 432 g/mol. The molecule has 35 heavy (non-hydrogen) atoms. The van der Waals surface area contributed by atoms with Crippen LogP contribution in [0.4, 0.5) is 0 Å². The zero-order chi connectivity index (χ0) is 26.4. The van der Waals surface area contributed by atoms with Crippen LogP contribution in [0.3, 0.4) is 0 Å². The van der Waals surface area contributed by atoms with Gasteiger partial charge in [-0.2, -0.15) is 0 Å². The standard InChI is InChI=1S/C30H41NO2.CH5N/c1-8-12-15-24(21(5)6)27(31-7)20-28-29(32)26-19-17-23(11-4)25(30(26)33-28)18-16-22(13-9-2)14-10-3;1-2/h8,12,15,17,19-20,22H,1,9-11,13-14,16,18H2,2-7H3;2H2,1H3/b15-12-,28-20-,31-27?;. The fourth-order valence-corrected chi connectivity index (χ4v) is 4.61. The minimum atomic E-state index is -0.0606. The summed E-state index contributed by atoms with van der Waals surface area (Å²) in [5, 5.41) is 0. The maximum atomic E-state index is 13.3. The summed E-state index contributed by atoms with van der Waals surface area (Å²) >= 11 is 0. The first-order chi connectivity index (χ1) is 16.9. The molecule has 0 spiro atoms. The molecule has 0 radical (unpaired) electrons. The quantitative estimate of drug-likeness (QED) is 0.191. The molecule has 4 nitrogen and oxygen atoms in total. The molecule has 1 heterocycles. The molecule has 0 aliphatic carbocycles. The first-order valence-corrected chi connectivity index (χ1v) is 13.0. The Morgan fingerprint density at radius 3 is 2.29 bits per heavy atom. The lowest BCUT2D eigenvalue weighted by molar-refractivity contribution is 0.101. The van der Waals surface area contributed by atoms with Gasteiger partial charge in [0.15, 0.2) is 5.76 Å². The molecule has 0 bridgehead atoms. The van der Waals surface area contributed by atoms with Gasteiger partial charge in [0.1, 0.15) is 5.75 Å². The van der Waals surface area contributed by atoms with E-state index in [0.717, 1.165) is 47.8 Å². The molecule has 0 aromatic heterocycles. The van der Waals surface area contributed by atoms with E-state index >= 15 is 0 Å². The van der Waals surface area contributed by atoms with E-state index < -0.39 is 0 Å². The molecule has 0 saturated heterocycles. The van der Waals surface area contributed by atoms with E-state index in [0.29, 0.717) is 11.3 Å². The number of benzene rings is 1. The van der Waals surface area contributed by atoms with E-state index in [9.17, 15) is 4.79 Å². The number of carbonyl (C=O) groups excluding carboxylic acids is 1. The van der Waals surface area contributed by atoms with Crippen LogP contribution in [-0.4, -0.2) is 25.6 Å². The molecule has 192 valence electrons. The van der Waals surface area contributed by atoms with Crippen molar-refractivity contribution >= 4 is 11.5 Å². The number of ketones is 1. The van der Waals surface area contributed by atoms with Gasteiger partial charge in [0.05, 0.1) is 11.3 Å². The third-order valence-corrected chi connectivity index (χ3v) is 6.34. The Morgan fingerprint density at radius 1 is 1.11 bits per heavy atom. The van der Waals surface area contributed by atoms with Crippen LogP contribution >= 0.6 is 0 Å². The fraction of sp³-hybridized carbons (Fsp3) is 0.484. The second kappa shape index (κ2) is 16.0. The largest absolute Gasteiger partial charge is 0.452 e. The number of rotatable bonds is 12. The van der Waals surface area contributed by atoms with Crippen molar-refractivity contribution in [1.29, 1.82) is 0 Å². The smallest absolute Gasteiger partial charge is 0.232 e. The van der Waals surface area contributed by atoms with Crippen molar-refractivity contribution in [3.8, 4) is 5.75 Å².